The first-order chi connectivity index (χ1) is 64.0. The summed E-state index contributed by atoms with van der Waals surface area (Å²) in [6.45, 7) is 21.6. The molecular formula is C111H100N10O10. The van der Waals surface area contributed by atoms with E-state index >= 15 is 0 Å². The number of aryl methyl sites for hydroxylation is 2. The zero-order chi connectivity index (χ0) is 90.6. The third-order valence-electron chi connectivity index (χ3n) is 21.9. The summed E-state index contributed by atoms with van der Waals surface area (Å²) in [6.07, 6.45) is 2.76. The first-order valence-corrected chi connectivity index (χ1v) is 43.5. The van der Waals surface area contributed by atoms with Crippen LogP contribution in [0.5, 0.6) is 57.5 Å². The lowest BCUT2D eigenvalue weighted by Gasteiger charge is -2.33. The second kappa shape index (κ2) is 43.5. The lowest BCUT2D eigenvalue weighted by atomic mass is 9.79. The fraction of sp³-hybridized carbons (Fsp3) is 0.198. The Morgan fingerprint density at radius 1 is 0.260 bits per heavy atom. The molecule has 5 heterocycles. The highest BCUT2D eigenvalue weighted by molar-refractivity contribution is 5.76. The van der Waals surface area contributed by atoms with Gasteiger partial charge in [0.2, 0.25) is 20.4 Å². The Hall–Kier alpha value is -16.0. The Bertz CT molecular complexity index is 6340. The van der Waals surface area contributed by atoms with E-state index in [0.29, 0.717) is 107 Å². The quantitative estimate of drug-likeness (QED) is 0.153. The number of aliphatic imine (C=N–C) groups is 10. The number of rotatable bonds is 6. The summed E-state index contributed by atoms with van der Waals surface area (Å²) < 4.78 is 58.8. The zero-order valence-electron chi connectivity index (χ0n) is 74.7. The minimum atomic E-state index is -0.298. The molecule has 20 nitrogen and oxygen atoms in total. The van der Waals surface area contributed by atoms with Crippen molar-refractivity contribution in [1.82, 2.24) is 0 Å². The number of benzene rings is 14. The standard InChI is InChI=1S/C26H18N2O2.C24H22N2O2.C22H26N2O2.C21H16N2O2.C18H18N2O2/c1-3-7-19(8-4-1)21-11-13-25-23(15-21)27-17-28-24-16-22(20-9-5-2-6-10-20)12-14-26(24)30-18-29-25;1-2-24(19-10-4-3-5-11-19)16-27-22-14-8-6-12-20(22)25-18-26-21-13-7-9-15-23(21)28-17-24;1-21(2,3)15-7-9-19-17(11-15)23-13-24-18-12-16(22(4,5)6)8-10-20(18)26-14-25-19;1-4-16-10-17(5-1)14-25-21-9-3-7-19(12-21)23-15-22-18-6-2-8-20(11-18)24-13-16;1-3-13-5-7-17-15(9-13)19-11-20-16-10-14(4-2)6-8-18(16)22-12-21-17/h1-16H,18H2;3-15H,2,16-17H2,1H3;7-12H,14H2,1-6H3;1-12H,13-14H2;5-10H,3-4,12H2,1-2H3. The van der Waals surface area contributed by atoms with Gasteiger partial charge in [-0.1, -0.05) is 244 Å². The summed E-state index contributed by atoms with van der Waals surface area (Å²) in [5.41, 5.74) is 19.3. The molecule has 131 heavy (non-hydrogen) atoms. The molecule has 0 aromatic heterocycles. The van der Waals surface area contributed by atoms with Gasteiger partial charge >= 0.3 is 0 Å². The average molecular weight is 1730 g/mol. The minimum absolute atomic E-state index is 0.0295. The van der Waals surface area contributed by atoms with Gasteiger partial charge in [0.15, 0.2) is 0 Å². The van der Waals surface area contributed by atoms with Crippen molar-refractivity contribution in [1.29, 1.82) is 0 Å². The number of hydrogen-bond acceptors (Lipinski definition) is 20. The fourth-order valence-corrected chi connectivity index (χ4v) is 14.2. The summed E-state index contributed by atoms with van der Waals surface area (Å²) in [5.74, 6) is 6.88. The van der Waals surface area contributed by atoms with Crippen molar-refractivity contribution in [2.75, 3.05) is 33.6 Å². The third-order valence-corrected chi connectivity index (χ3v) is 21.9. The van der Waals surface area contributed by atoms with Crippen molar-refractivity contribution in [2.24, 2.45) is 49.9 Å². The van der Waals surface area contributed by atoms with Gasteiger partial charge in [0.25, 0.3) is 0 Å². The molecule has 19 rings (SSSR count). The van der Waals surface area contributed by atoms with E-state index in [1.807, 2.05) is 255 Å². The van der Waals surface area contributed by atoms with E-state index in [2.05, 4.69) is 209 Å². The highest BCUT2D eigenvalue weighted by Crippen LogP contribution is 2.43. The van der Waals surface area contributed by atoms with Crippen LogP contribution >= 0.6 is 0 Å². The molecule has 14 aromatic rings. The van der Waals surface area contributed by atoms with Crippen LogP contribution in [0.25, 0.3) is 22.3 Å². The molecule has 20 heteroatoms. The molecule has 654 valence electrons. The van der Waals surface area contributed by atoms with Crippen molar-refractivity contribution >= 4 is 86.9 Å². The monoisotopic (exact) mass is 1730 g/mol. The van der Waals surface area contributed by atoms with E-state index in [1.165, 1.54) is 27.8 Å². The summed E-state index contributed by atoms with van der Waals surface area (Å²) in [4.78, 5) is 43.6. The van der Waals surface area contributed by atoms with Gasteiger partial charge in [-0.2, -0.15) is 49.9 Å². The SMILES string of the molecule is C1=Nc2cc(-c3ccccc3)ccc2OCOc2ccc(-c3ccccc3)cc2N=1.C1=Nc2cccc(c2)OCc2cccc(c2)COc2cccc(c2)N=1.CC(C)(C)c1ccc2c(c1)N=C=Nc1cc(C(C)(C)C)ccc1OCO2.CCC1(c2ccccc2)COc2ccccc2N=C=Nc2ccccc2OC1.CCc1ccc2c(c1)N=C=Nc1cc(CC)ccc1OCO2. The van der Waals surface area contributed by atoms with E-state index in [-0.39, 0.29) is 36.6 Å². The van der Waals surface area contributed by atoms with Gasteiger partial charge in [0.1, 0.15) is 159 Å². The highest BCUT2D eigenvalue weighted by atomic mass is 16.7. The molecule has 5 aliphatic heterocycles. The van der Waals surface area contributed by atoms with Gasteiger partial charge in [0, 0.05) is 12.1 Å². The minimum Gasteiger partial charge on any atom is -0.490 e. The lowest BCUT2D eigenvalue weighted by Crippen LogP contribution is -2.39. The topological polar surface area (TPSA) is 216 Å². The van der Waals surface area contributed by atoms with Gasteiger partial charge in [-0.25, -0.2) is 0 Å². The van der Waals surface area contributed by atoms with E-state index in [9.17, 15) is 0 Å². The molecular weight excluding hydrogens is 1630 g/mol. The van der Waals surface area contributed by atoms with Crippen molar-refractivity contribution < 1.29 is 47.4 Å². The molecule has 0 radical (unpaired) electrons. The van der Waals surface area contributed by atoms with Crippen LogP contribution < -0.4 is 47.4 Å². The van der Waals surface area contributed by atoms with Crippen LogP contribution in [0.4, 0.5) is 56.9 Å². The normalized spacial score (nSPS) is 14.2. The van der Waals surface area contributed by atoms with Crippen molar-refractivity contribution in [3.8, 4) is 79.7 Å². The maximum Gasteiger partial charge on any atom is 0.231 e. The molecule has 14 aromatic carbocycles. The Labute approximate surface area is 764 Å². The van der Waals surface area contributed by atoms with Crippen LogP contribution in [-0.2, 0) is 42.3 Å². The Morgan fingerprint density at radius 3 is 0.977 bits per heavy atom. The lowest BCUT2D eigenvalue weighted by molar-refractivity contribution is 0.120. The van der Waals surface area contributed by atoms with Gasteiger partial charge in [0.05, 0.1) is 16.8 Å². The van der Waals surface area contributed by atoms with Crippen LogP contribution in [0.1, 0.15) is 108 Å². The van der Waals surface area contributed by atoms with Crippen molar-refractivity contribution in [3.05, 3.63) is 360 Å². The maximum absolute atomic E-state index is 6.25. The third kappa shape index (κ3) is 24.6. The molecule has 0 atom stereocenters. The molecule has 0 aliphatic carbocycles. The molecule has 0 spiro atoms. The molecule has 0 fully saturated rings. The second-order valence-electron chi connectivity index (χ2n) is 33.0. The van der Waals surface area contributed by atoms with Gasteiger partial charge < -0.3 is 47.4 Å². The molecule has 6 bridgehead atoms. The molecule has 0 N–H and O–H groups in total. The summed E-state index contributed by atoms with van der Waals surface area (Å²) >= 11 is 0. The van der Waals surface area contributed by atoms with E-state index in [1.54, 1.807) is 0 Å². The van der Waals surface area contributed by atoms with Crippen molar-refractivity contribution in [3.63, 3.8) is 0 Å². The molecule has 0 unspecified atom stereocenters. The average Bonchev–Trinajstić information content (AvgIpc) is 0.803. The van der Waals surface area contributed by atoms with E-state index in [0.717, 1.165) is 86.9 Å². The maximum atomic E-state index is 6.25. The number of fused-ring (bicyclic) bond motifs is 14. The number of ether oxygens (including phenoxy) is 10. The number of para-hydroxylation sites is 4. The van der Waals surface area contributed by atoms with Crippen LogP contribution in [0.2, 0.25) is 0 Å². The summed E-state index contributed by atoms with van der Waals surface area (Å²) in [7, 11) is 0. The molecule has 0 saturated heterocycles. The van der Waals surface area contributed by atoms with Crippen molar-refractivity contribution in [2.45, 2.75) is 111 Å². The number of nitrogens with zero attached hydrogens (tertiary/aromatic N) is 10. The predicted molar refractivity (Wildman–Crippen MR) is 520 cm³/mol. The van der Waals surface area contributed by atoms with Crippen LogP contribution in [0.3, 0.4) is 0 Å². The largest absolute Gasteiger partial charge is 0.490 e. The Morgan fingerprint density at radius 2 is 0.588 bits per heavy atom. The predicted octanol–water partition coefficient (Wildman–Crippen LogP) is 28.9. The molecule has 5 aliphatic rings. The van der Waals surface area contributed by atoms with Gasteiger partial charge in [-0.05, 0) is 219 Å². The molecule has 0 saturated carbocycles. The highest BCUT2D eigenvalue weighted by Gasteiger charge is 2.34. The first-order valence-electron chi connectivity index (χ1n) is 43.5. The Kier molecular flexibility index (Phi) is 29.8. The molecule has 0 amide bonds. The number of hydrogen-bond donors (Lipinski definition) is 0. The fourth-order valence-electron chi connectivity index (χ4n) is 14.2. The van der Waals surface area contributed by atoms with E-state index < -0.39 is 0 Å². The van der Waals surface area contributed by atoms with E-state index in [4.69, 9.17) is 47.4 Å². The summed E-state index contributed by atoms with van der Waals surface area (Å²) in [6, 6.07) is 119. The van der Waals surface area contributed by atoms with Gasteiger partial charge in [-0.3, -0.25) is 0 Å². The van der Waals surface area contributed by atoms with Crippen LogP contribution in [0, 0.1) is 0 Å². The summed E-state index contributed by atoms with van der Waals surface area (Å²) in [5, 5.41) is 0. The second-order valence-corrected chi connectivity index (χ2v) is 33.0. The van der Waals surface area contributed by atoms with Crippen LogP contribution in [-0.4, -0.2) is 63.6 Å². The van der Waals surface area contributed by atoms with Gasteiger partial charge in [-0.15, -0.1) is 0 Å². The Balaban J connectivity index is 0.000000126. The zero-order valence-corrected chi connectivity index (χ0v) is 74.7. The van der Waals surface area contributed by atoms with Crippen LogP contribution in [0.15, 0.2) is 371 Å². The smallest absolute Gasteiger partial charge is 0.231 e. The first kappa shape index (κ1) is 89.8.